The summed E-state index contributed by atoms with van der Waals surface area (Å²) in [5, 5.41) is 11.5. The van der Waals surface area contributed by atoms with Gasteiger partial charge in [0.2, 0.25) is 0 Å². The van der Waals surface area contributed by atoms with Gasteiger partial charge < -0.3 is 0 Å². The van der Waals surface area contributed by atoms with Crippen LogP contribution in [0.4, 0.5) is 5.69 Å². The predicted octanol–water partition coefficient (Wildman–Crippen LogP) is 0.692. The Labute approximate surface area is 92.7 Å². The molecule has 0 unspecified atom stereocenters. The van der Waals surface area contributed by atoms with E-state index in [-0.39, 0.29) is 0 Å². The van der Waals surface area contributed by atoms with Crippen molar-refractivity contribution in [3.05, 3.63) is 36.5 Å². The molecule has 2 rings (SSSR count). The molecule has 0 amide bonds. The third kappa shape index (κ3) is 2.59. The Hall–Kier alpha value is -1.86. The van der Waals surface area contributed by atoms with Crippen LogP contribution < -0.4 is 9.86 Å². The lowest BCUT2D eigenvalue weighted by Crippen LogP contribution is -2.21. The van der Waals surface area contributed by atoms with Crippen molar-refractivity contribution in [1.29, 1.82) is 0 Å². The van der Waals surface area contributed by atoms with E-state index in [1.165, 1.54) is 0 Å². The van der Waals surface area contributed by atoms with Gasteiger partial charge in [0, 0.05) is 11.8 Å². The SMILES string of the molecule is NS(=O)(=O)Nc1cccc(-c2ccn[nH]2)c1. The number of nitrogens with zero attached hydrogens (tertiary/aromatic N) is 1. The van der Waals surface area contributed by atoms with E-state index in [2.05, 4.69) is 14.9 Å². The number of aromatic amines is 1. The summed E-state index contributed by atoms with van der Waals surface area (Å²) in [7, 11) is -3.74. The van der Waals surface area contributed by atoms with Crippen molar-refractivity contribution in [3.8, 4) is 11.3 Å². The van der Waals surface area contributed by atoms with Gasteiger partial charge in [0.05, 0.1) is 11.4 Å². The highest BCUT2D eigenvalue weighted by atomic mass is 32.2. The van der Waals surface area contributed by atoms with Gasteiger partial charge >= 0.3 is 0 Å². The van der Waals surface area contributed by atoms with E-state index in [0.29, 0.717) is 5.69 Å². The summed E-state index contributed by atoms with van der Waals surface area (Å²) in [5.41, 5.74) is 2.04. The maximum absolute atomic E-state index is 10.8. The van der Waals surface area contributed by atoms with Gasteiger partial charge in [-0.1, -0.05) is 12.1 Å². The Balaban J connectivity index is 2.34. The Morgan fingerprint density at radius 2 is 2.12 bits per heavy atom. The minimum Gasteiger partial charge on any atom is -0.278 e. The Morgan fingerprint density at radius 3 is 2.75 bits per heavy atom. The van der Waals surface area contributed by atoms with Crippen molar-refractivity contribution in [1.82, 2.24) is 10.2 Å². The molecule has 0 saturated heterocycles. The van der Waals surface area contributed by atoms with E-state index in [0.717, 1.165) is 11.3 Å². The molecule has 0 spiro atoms. The molecule has 4 N–H and O–H groups in total. The van der Waals surface area contributed by atoms with E-state index in [1.807, 2.05) is 6.07 Å². The van der Waals surface area contributed by atoms with Gasteiger partial charge in [0.25, 0.3) is 10.2 Å². The smallest absolute Gasteiger partial charge is 0.278 e. The molecular weight excluding hydrogens is 228 g/mol. The normalized spacial score (nSPS) is 11.3. The largest absolute Gasteiger partial charge is 0.296 e. The van der Waals surface area contributed by atoms with Crippen molar-refractivity contribution < 1.29 is 8.42 Å². The zero-order valence-corrected chi connectivity index (χ0v) is 9.03. The first-order chi connectivity index (χ1) is 7.54. The molecule has 0 atom stereocenters. The van der Waals surface area contributed by atoms with Crippen LogP contribution in [0.3, 0.4) is 0 Å². The van der Waals surface area contributed by atoms with E-state index >= 15 is 0 Å². The number of benzene rings is 1. The number of hydrogen-bond donors (Lipinski definition) is 3. The van der Waals surface area contributed by atoms with Gasteiger partial charge in [-0.15, -0.1) is 0 Å². The van der Waals surface area contributed by atoms with Crippen LogP contribution in [0.5, 0.6) is 0 Å². The van der Waals surface area contributed by atoms with Gasteiger partial charge in [-0.2, -0.15) is 13.5 Å². The summed E-state index contributed by atoms with van der Waals surface area (Å²) in [5.74, 6) is 0. The van der Waals surface area contributed by atoms with Gasteiger partial charge in [0.15, 0.2) is 0 Å². The van der Waals surface area contributed by atoms with Crippen molar-refractivity contribution in [2.24, 2.45) is 5.14 Å². The maximum Gasteiger partial charge on any atom is 0.296 e. The van der Waals surface area contributed by atoms with Gasteiger partial charge in [-0.05, 0) is 18.2 Å². The van der Waals surface area contributed by atoms with E-state index in [9.17, 15) is 8.42 Å². The van der Waals surface area contributed by atoms with Gasteiger partial charge in [-0.25, -0.2) is 5.14 Å². The van der Waals surface area contributed by atoms with Crippen LogP contribution in [0.2, 0.25) is 0 Å². The first-order valence-electron chi connectivity index (χ1n) is 4.45. The van der Waals surface area contributed by atoms with Crippen LogP contribution in [0, 0.1) is 0 Å². The molecule has 7 heteroatoms. The molecular formula is C9H10N4O2S. The zero-order valence-electron chi connectivity index (χ0n) is 8.21. The van der Waals surface area contributed by atoms with Crippen LogP contribution in [-0.4, -0.2) is 18.6 Å². The van der Waals surface area contributed by atoms with Crippen LogP contribution in [-0.2, 0) is 10.2 Å². The predicted molar refractivity (Wildman–Crippen MR) is 60.8 cm³/mol. The Bertz CT molecular complexity index is 577. The average Bonchev–Trinajstić information content (AvgIpc) is 2.68. The first kappa shape index (κ1) is 10.7. The highest BCUT2D eigenvalue weighted by molar-refractivity contribution is 7.90. The number of anilines is 1. The maximum atomic E-state index is 10.8. The molecule has 0 fully saturated rings. The van der Waals surface area contributed by atoms with E-state index in [1.54, 1.807) is 30.5 Å². The number of hydrogen-bond acceptors (Lipinski definition) is 3. The standard InChI is InChI=1S/C9H10N4O2S/c10-16(14,15)13-8-3-1-2-7(6-8)9-4-5-11-12-9/h1-6,13H,(H,11,12)(H2,10,14,15). The molecule has 1 heterocycles. The zero-order chi connectivity index (χ0) is 11.6. The summed E-state index contributed by atoms with van der Waals surface area (Å²) in [6.45, 7) is 0. The monoisotopic (exact) mass is 238 g/mol. The number of rotatable bonds is 3. The second kappa shape index (κ2) is 3.95. The lowest BCUT2D eigenvalue weighted by Gasteiger charge is -2.04. The van der Waals surface area contributed by atoms with E-state index in [4.69, 9.17) is 5.14 Å². The Kier molecular flexibility index (Phi) is 2.63. The molecule has 0 aliphatic rings. The highest BCUT2D eigenvalue weighted by Crippen LogP contribution is 2.20. The van der Waals surface area contributed by atoms with Crippen LogP contribution in [0.25, 0.3) is 11.3 Å². The molecule has 6 nitrogen and oxygen atoms in total. The first-order valence-corrected chi connectivity index (χ1v) is 5.99. The highest BCUT2D eigenvalue weighted by Gasteiger charge is 2.04. The minimum absolute atomic E-state index is 0.412. The molecule has 0 saturated carbocycles. The summed E-state index contributed by atoms with van der Waals surface area (Å²) in [6.07, 6.45) is 1.62. The quantitative estimate of drug-likeness (QED) is 0.733. The fourth-order valence-electron chi connectivity index (χ4n) is 1.33. The van der Waals surface area contributed by atoms with Crippen LogP contribution >= 0.6 is 0 Å². The molecule has 0 radical (unpaired) electrons. The third-order valence-electron chi connectivity index (χ3n) is 1.93. The summed E-state index contributed by atoms with van der Waals surface area (Å²) < 4.78 is 23.9. The van der Waals surface area contributed by atoms with Crippen molar-refractivity contribution in [2.45, 2.75) is 0 Å². The molecule has 0 aliphatic heterocycles. The summed E-state index contributed by atoms with van der Waals surface area (Å²) >= 11 is 0. The topological polar surface area (TPSA) is 101 Å². The Morgan fingerprint density at radius 1 is 1.31 bits per heavy atom. The molecule has 16 heavy (non-hydrogen) atoms. The number of nitrogens with one attached hydrogen (secondary N) is 2. The lowest BCUT2D eigenvalue weighted by atomic mass is 10.1. The molecule has 0 aliphatic carbocycles. The molecule has 84 valence electrons. The molecule has 1 aromatic carbocycles. The molecule has 1 aromatic heterocycles. The van der Waals surface area contributed by atoms with Gasteiger partial charge in [-0.3, -0.25) is 9.82 Å². The fourth-order valence-corrected chi connectivity index (χ4v) is 1.79. The van der Waals surface area contributed by atoms with E-state index < -0.39 is 10.2 Å². The fraction of sp³-hybridized carbons (Fsp3) is 0. The average molecular weight is 238 g/mol. The second-order valence-corrected chi connectivity index (χ2v) is 4.49. The third-order valence-corrected chi connectivity index (χ3v) is 2.45. The van der Waals surface area contributed by atoms with Crippen LogP contribution in [0.15, 0.2) is 36.5 Å². The minimum atomic E-state index is -3.74. The van der Waals surface area contributed by atoms with Crippen molar-refractivity contribution >= 4 is 15.9 Å². The molecule has 2 aromatic rings. The number of H-pyrrole nitrogens is 1. The lowest BCUT2D eigenvalue weighted by molar-refractivity contribution is 0.603. The molecule has 0 bridgehead atoms. The summed E-state index contributed by atoms with van der Waals surface area (Å²) in [4.78, 5) is 0. The number of aromatic nitrogens is 2. The summed E-state index contributed by atoms with van der Waals surface area (Å²) in [6, 6.07) is 8.63. The van der Waals surface area contributed by atoms with Crippen molar-refractivity contribution in [2.75, 3.05) is 4.72 Å². The van der Waals surface area contributed by atoms with Crippen LogP contribution in [0.1, 0.15) is 0 Å². The van der Waals surface area contributed by atoms with Gasteiger partial charge in [0.1, 0.15) is 0 Å². The van der Waals surface area contributed by atoms with Crippen molar-refractivity contribution in [3.63, 3.8) is 0 Å². The second-order valence-electron chi connectivity index (χ2n) is 3.20. The number of nitrogens with two attached hydrogens (primary N) is 1.